The lowest BCUT2D eigenvalue weighted by Crippen LogP contribution is -2.31. The molecule has 0 aliphatic heterocycles. The minimum absolute atomic E-state index is 0.0721. The van der Waals surface area contributed by atoms with E-state index in [-0.39, 0.29) is 84.5 Å². The lowest BCUT2D eigenvalue weighted by Gasteiger charge is -2.20. The summed E-state index contributed by atoms with van der Waals surface area (Å²) >= 11 is 6.09. The molecule has 7 N–H and O–H groups in total. The molecule has 0 bridgehead atoms. The first-order chi connectivity index (χ1) is 25.5. The van der Waals surface area contributed by atoms with Crippen molar-refractivity contribution in [1.29, 1.82) is 0 Å². The summed E-state index contributed by atoms with van der Waals surface area (Å²) in [6.45, 7) is 0.0869. The molecule has 19 heteroatoms. The van der Waals surface area contributed by atoms with Crippen LogP contribution in [0.1, 0.15) is 28.9 Å². The first kappa shape index (κ1) is 38.4. The van der Waals surface area contributed by atoms with Gasteiger partial charge in [0.25, 0.3) is 10.1 Å². The van der Waals surface area contributed by atoms with Crippen LogP contribution in [0.5, 0.6) is 0 Å². The summed E-state index contributed by atoms with van der Waals surface area (Å²) in [5, 5.41) is 36.5. The number of halogens is 1. The molecule has 0 aliphatic rings. The van der Waals surface area contributed by atoms with Crippen molar-refractivity contribution in [3.63, 3.8) is 0 Å². The van der Waals surface area contributed by atoms with Crippen molar-refractivity contribution in [2.45, 2.75) is 17.7 Å². The fourth-order valence-electron chi connectivity index (χ4n) is 4.88. The molecule has 0 saturated heterocycles. The van der Waals surface area contributed by atoms with E-state index in [0.717, 1.165) is 5.56 Å². The number of aliphatic hydroxyl groups excluding tert-OH is 2. The molecule has 276 valence electrons. The number of hydrogen-bond donors (Lipinski definition) is 7. The molecule has 5 rings (SSSR count). The fraction of sp³-hybridized carbons (Fsp3) is 0.206. The number of carboxylic acid groups (broad SMARTS) is 1. The van der Waals surface area contributed by atoms with Gasteiger partial charge < -0.3 is 36.2 Å². The zero-order valence-electron chi connectivity index (χ0n) is 28.0. The van der Waals surface area contributed by atoms with E-state index in [1.165, 1.54) is 18.2 Å². The lowest BCUT2D eigenvalue weighted by atomic mass is 10.1. The number of nitrogens with one attached hydrogen (secondary N) is 3. The third-order valence-corrected chi connectivity index (χ3v) is 8.38. The lowest BCUT2D eigenvalue weighted by molar-refractivity contribution is -0.136. The van der Waals surface area contributed by atoms with E-state index in [4.69, 9.17) is 16.7 Å². The summed E-state index contributed by atoms with van der Waals surface area (Å²) < 4.78 is 35.0. The Kier molecular flexibility index (Phi) is 13.1. The summed E-state index contributed by atoms with van der Waals surface area (Å²) in [4.78, 5) is 37.9. The molecule has 0 aliphatic carbocycles. The molecule has 0 fully saturated rings. The number of aliphatic hydroxyl groups is 2. The molecular formula is C34H35ClN10O7S. The summed E-state index contributed by atoms with van der Waals surface area (Å²) in [5.41, 5.74) is 2.70. The number of benzene rings is 3. The Morgan fingerprint density at radius 1 is 0.792 bits per heavy atom. The second-order valence-electron chi connectivity index (χ2n) is 11.2. The molecule has 0 radical (unpaired) electrons. The van der Waals surface area contributed by atoms with E-state index in [9.17, 15) is 28.0 Å². The van der Waals surface area contributed by atoms with Crippen molar-refractivity contribution in [3.05, 3.63) is 101 Å². The molecule has 0 unspecified atom stereocenters. The zero-order valence-corrected chi connectivity index (χ0v) is 29.5. The molecule has 0 saturated carbocycles. The first-order valence-corrected chi connectivity index (χ1v) is 17.9. The quantitative estimate of drug-likeness (QED) is 0.0494. The van der Waals surface area contributed by atoms with E-state index in [1.807, 2.05) is 30.3 Å². The molecule has 53 heavy (non-hydrogen) atoms. The van der Waals surface area contributed by atoms with Crippen LogP contribution in [-0.2, 0) is 21.3 Å². The van der Waals surface area contributed by atoms with Crippen LogP contribution in [0.2, 0.25) is 5.28 Å². The number of anilines is 6. The van der Waals surface area contributed by atoms with Gasteiger partial charge in [-0.2, -0.15) is 38.3 Å². The van der Waals surface area contributed by atoms with Crippen molar-refractivity contribution >= 4 is 75.0 Å². The molecular weight excluding hydrogens is 728 g/mol. The molecule has 17 nitrogen and oxygen atoms in total. The highest BCUT2D eigenvalue weighted by Crippen LogP contribution is 2.26. The van der Waals surface area contributed by atoms with Gasteiger partial charge in [0.2, 0.25) is 29.1 Å². The van der Waals surface area contributed by atoms with Crippen LogP contribution in [0.15, 0.2) is 77.7 Å². The molecule has 5 aromatic rings. The number of rotatable bonds is 18. The highest BCUT2D eigenvalue weighted by Gasteiger charge is 2.17. The van der Waals surface area contributed by atoms with Crippen LogP contribution in [0.4, 0.5) is 35.2 Å². The molecule has 2 aromatic heterocycles. The van der Waals surface area contributed by atoms with Crippen LogP contribution in [0.25, 0.3) is 12.2 Å². The molecule has 0 spiro atoms. The Morgan fingerprint density at radius 3 is 2.13 bits per heavy atom. The second-order valence-corrected chi connectivity index (χ2v) is 13.0. The third-order valence-electron chi connectivity index (χ3n) is 7.30. The van der Waals surface area contributed by atoms with E-state index >= 15 is 0 Å². The number of aromatic nitrogens is 6. The van der Waals surface area contributed by atoms with Gasteiger partial charge in [0.05, 0.1) is 19.6 Å². The third kappa shape index (κ3) is 11.6. The van der Waals surface area contributed by atoms with Crippen LogP contribution in [0.3, 0.4) is 0 Å². The average molecular weight is 763 g/mol. The Morgan fingerprint density at radius 2 is 1.45 bits per heavy atom. The van der Waals surface area contributed by atoms with Gasteiger partial charge in [-0.15, -0.1) is 0 Å². The topological polar surface area (TPSA) is 249 Å². The highest BCUT2D eigenvalue weighted by molar-refractivity contribution is 7.86. The number of carbonyl (C=O) groups is 1. The maximum atomic E-state index is 12.5. The molecule has 3 aromatic carbocycles. The standard InChI is InChI=1S/C34H35ClN10O7S/c35-30-41-33(44-34(42-30)45(16-18-46)17-19-47)37-25-11-7-22(8-12-25)6-9-24-10-13-26(21-27(24)53(50,51)52)38-32-40-28(20-23-4-2-1-3-5-23)39-31(43-32)36-15-14-29(48)49/h1-13,21,46-47H,14-20H2,(H,48,49)(H,50,51,52)(H,37,41,42,44)(H2,36,38,39,40,43)/b9-6+. The highest BCUT2D eigenvalue weighted by atomic mass is 35.5. The van der Waals surface area contributed by atoms with Gasteiger partial charge in [0.15, 0.2) is 0 Å². The van der Waals surface area contributed by atoms with Crippen LogP contribution >= 0.6 is 11.6 Å². The van der Waals surface area contributed by atoms with Gasteiger partial charge in [0, 0.05) is 37.4 Å². The predicted molar refractivity (Wildman–Crippen MR) is 199 cm³/mol. The molecule has 2 heterocycles. The van der Waals surface area contributed by atoms with Gasteiger partial charge in [0.1, 0.15) is 10.7 Å². The van der Waals surface area contributed by atoms with Gasteiger partial charge in [-0.1, -0.05) is 60.7 Å². The van der Waals surface area contributed by atoms with Crippen molar-refractivity contribution in [1.82, 2.24) is 29.9 Å². The molecule has 0 amide bonds. The Labute approximate surface area is 309 Å². The minimum atomic E-state index is -4.68. The Hall–Kier alpha value is -5.79. The van der Waals surface area contributed by atoms with Crippen molar-refractivity contribution in [2.24, 2.45) is 0 Å². The van der Waals surface area contributed by atoms with E-state index in [1.54, 1.807) is 41.3 Å². The second kappa shape index (κ2) is 18.1. The average Bonchev–Trinajstić information content (AvgIpc) is 3.11. The van der Waals surface area contributed by atoms with E-state index < -0.39 is 16.1 Å². The number of hydrogen-bond acceptors (Lipinski definition) is 15. The number of carboxylic acids is 1. The maximum Gasteiger partial charge on any atom is 0.305 e. The summed E-state index contributed by atoms with van der Waals surface area (Å²) in [5.74, 6) is -0.0744. The van der Waals surface area contributed by atoms with Crippen LogP contribution < -0.4 is 20.9 Å². The SMILES string of the molecule is O=C(O)CCNc1nc(Cc2ccccc2)nc(Nc2ccc(/C=C/c3ccc(Nc4nc(Cl)nc(N(CCO)CCO)n4)cc3)c(S(=O)(=O)O)c2)n1. The van der Waals surface area contributed by atoms with E-state index in [2.05, 4.69) is 45.9 Å². The van der Waals surface area contributed by atoms with Crippen LogP contribution in [-0.4, -0.2) is 97.0 Å². The van der Waals surface area contributed by atoms with Crippen molar-refractivity contribution < 1.29 is 33.1 Å². The maximum absolute atomic E-state index is 12.5. The molecule has 0 atom stereocenters. The van der Waals surface area contributed by atoms with Gasteiger partial charge in [-0.3, -0.25) is 9.35 Å². The summed E-state index contributed by atoms with van der Waals surface area (Å²) in [6.07, 6.45) is 3.39. The largest absolute Gasteiger partial charge is 0.481 e. The Balaban J connectivity index is 1.33. The predicted octanol–water partition coefficient (Wildman–Crippen LogP) is 3.88. The normalized spacial score (nSPS) is 11.4. The van der Waals surface area contributed by atoms with Gasteiger partial charge >= 0.3 is 5.97 Å². The summed E-state index contributed by atoms with van der Waals surface area (Å²) in [6, 6.07) is 20.8. The van der Waals surface area contributed by atoms with Crippen LogP contribution in [0, 0.1) is 0 Å². The zero-order chi connectivity index (χ0) is 37.8. The minimum Gasteiger partial charge on any atom is -0.481 e. The van der Waals surface area contributed by atoms with E-state index in [0.29, 0.717) is 23.5 Å². The Bertz CT molecular complexity index is 2160. The van der Waals surface area contributed by atoms with Gasteiger partial charge in [-0.25, -0.2) is 0 Å². The van der Waals surface area contributed by atoms with Crippen molar-refractivity contribution in [3.8, 4) is 0 Å². The fourth-order valence-corrected chi connectivity index (χ4v) is 5.74. The smallest absolute Gasteiger partial charge is 0.305 e. The summed E-state index contributed by atoms with van der Waals surface area (Å²) in [7, 11) is -4.68. The van der Waals surface area contributed by atoms with Gasteiger partial charge in [-0.05, 0) is 52.6 Å². The van der Waals surface area contributed by atoms with Crippen molar-refractivity contribution in [2.75, 3.05) is 53.7 Å². The number of aliphatic carboxylic acids is 1. The number of nitrogens with zero attached hydrogens (tertiary/aromatic N) is 7. The monoisotopic (exact) mass is 762 g/mol. The first-order valence-electron chi connectivity index (χ1n) is 16.1.